The number of fused-ring (bicyclic) bond motifs is 4. The normalized spacial score (nSPS) is 15.7. The van der Waals surface area contributed by atoms with Gasteiger partial charge < -0.3 is 4.98 Å². The molecule has 0 aliphatic heterocycles. The van der Waals surface area contributed by atoms with Crippen LogP contribution >= 0.6 is 0 Å². The van der Waals surface area contributed by atoms with E-state index >= 15 is 0 Å². The third-order valence-corrected chi connectivity index (χ3v) is 6.12. The maximum absolute atomic E-state index is 5.09. The highest BCUT2D eigenvalue weighted by Gasteiger charge is 2.24. The zero-order chi connectivity index (χ0) is 18.5. The van der Waals surface area contributed by atoms with Crippen LogP contribution in [0.25, 0.3) is 38.7 Å². The van der Waals surface area contributed by atoms with Crippen LogP contribution < -0.4 is 0 Å². The van der Waals surface area contributed by atoms with Gasteiger partial charge in [0.25, 0.3) is 0 Å². The minimum atomic E-state index is 0.488. The van der Waals surface area contributed by atoms with Crippen LogP contribution in [-0.4, -0.2) is 24.3 Å². The van der Waals surface area contributed by atoms with E-state index in [0.717, 1.165) is 33.3 Å². The lowest BCUT2D eigenvalue weighted by molar-refractivity contribution is 0.439. The summed E-state index contributed by atoms with van der Waals surface area (Å²) in [7, 11) is 0. The molecule has 4 heterocycles. The maximum Gasteiger partial charge on any atom is 0.154 e. The highest BCUT2D eigenvalue weighted by atomic mass is 15.1. The first-order valence-corrected chi connectivity index (χ1v) is 10.1. The first-order valence-electron chi connectivity index (χ1n) is 10.1. The Hall–Kier alpha value is -3.21. The number of benzene rings is 1. The average molecular weight is 367 g/mol. The van der Waals surface area contributed by atoms with Crippen LogP contribution in [0.5, 0.6) is 0 Å². The number of hydrogen-bond donors (Lipinski definition) is 1. The molecule has 6 rings (SSSR count). The smallest absolute Gasteiger partial charge is 0.154 e. The fourth-order valence-electron chi connectivity index (χ4n) is 4.75. The summed E-state index contributed by atoms with van der Waals surface area (Å²) in [6.07, 6.45) is 14.1. The van der Waals surface area contributed by atoms with Crippen LogP contribution in [0.3, 0.4) is 0 Å². The van der Waals surface area contributed by atoms with E-state index in [1.165, 1.54) is 43.2 Å². The second kappa shape index (κ2) is 6.16. The molecule has 5 heteroatoms. The van der Waals surface area contributed by atoms with Gasteiger partial charge in [-0.05, 0) is 24.3 Å². The summed E-state index contributed by atoms with van der Waals surface area (Å²) in [5, 5.41) is 2.32. The van der Waals surface area contributed by atoms with E-state index in [4.69, 9.17) is 9.97 Å². The van der Waals surface area contributed by atoms with E-state index in [9.17, 15) is 0 Å². The van der Waals surface area contributed by atoms with Crippen LogP contribution in [0, 0.1) is 0 Å². The average Bonchev–Trinajstić information content (AvgIpc) is 3.40. The Kier molecular flexibility index (Phi) is 3.48. The van der Waals surface area contributed by atoms with Crippen molar-refractivity contribution >= 4 is 27.5 Å². The number of pyridine rings is 1. The Morgan fingerprint density at radius 1 is 1.00 bits per heavy atom. The molecule has 0 saturated heterocycles. The molecule has 0 radical (unpaired) electrons. The van der Waals surface area contributed by atoms with Crippen LogP contribution in [0.15, 0.2) is 55.2 Å². The van der Waals surface area contributed by atoms with Crippen molar-refractivity contribution in [3.05, 3.63) is 60.9 Å². The molecule has 1 aromatic carbocycles. The zero-order valence-corrected chi connectivity index (χ0v) is 15.6. The second-order valence-corrected chi connectivity index (χ2v) is 7.76. The molecular weight excluding hydrogens is 346 g/mol. The predicted octanol–water partition coefficient (Wildman–Crippen LogP) is 5.47. The largest absolute Gasteiger partial charge is 0.345 e. The van der Waals surface area contributed by atoms with Gasteiger partial charge in [-0.3, -0.25) is 9.38 Å². The van der Waals surface area contributed by atoms with Crippen LogP contribution in [0.2, 0.25) is 0 Å². The quantitative estimate of drug-likeness (QED) is 0.450. The summed E-state index contributed by atoms with van der Waals surface area (Å²) in [5.74, 6) is 0.488. The van der Waals surface area contributed by atoms with Crippen molar-refractivity contribution in [2.45, 2.75) is 38.0 Å². The van der Waals surface area contributed by atoms with Gasteiger partial charge in [0.1, 0.15) is 12.0 Å². The fraction of sp³-hybridized carbons (Fsp3) is 0.261. The Bertz CT molecular complexity index is 1300. The van der Waals surface area contributed by atoms with Crippen LogP contribution in [0.1, 0.15) is 43.7 Å². The van der Waals surface area contributed by atoms with Crippen molar-refractivity contribution in [3.63, 3.8) is 0 Å². The predicted molar refractivity (Wildman–Crippen MR) is 111 cm³/mol. The molecule has 138 valence electrons. The molecule has 1 aliphatic rings. The molecule has 1 N–H and O–H groups in total. The van der Waals surface area contributed by atoms with Crippen LogP contribution in [-0.2, 0) is 0 Å². The highest BCUT2D eigenvalue weighted by molar-refractivity contribution is 5.99. The molecule has 0 bridgehead atoms. The van der Waals surface area contributed by atoms with E-state index in [0.29, 0.717) is 5.92 Å². The molecule has 0 spiro atoms. The molecule has 5 nitrogen and oxygen atoms in total. The minimum Gasteiger partial charge on any atom is -0.345 e. The van der Waals surface area contributed by atoms with E-state index in [1.54, 1.807) is 0 Å². The standard InChI is InChI=1S/C23H21N5/c1-2-6-15(7-3-1)20-22-21(18-13-24-12-16-8-4-5-9-17(16)18)26-14-28(22)19-10-11-25-23(19)27-20/h4-5,8-15,25H,1-3,6-7H2. The van der Waals surface area contributed by atoms with Gasteiger partial charge in [-0.1, -0.05) is 43.5 Å². The van der Waals surface area contributed by atoms with Gasteiger partial charge in [-0.15, -0.1) is 0 Å². The van der Waals surface area contributed by atoms with Gasteiger partial charge in [-0.2, -0.15) is 0 Å². The SMILES string of the molecule is c1ccc2c(-c3ncn4c3c(C3CCCCC3)nc3[nH]ccc34)cncc2c1. The number of nitrogens with zero attached hydrogens (tertiary/aromatic N) is 4. The molecule has 5 aromatic rings. The summed E-state index contributed by atoms with van der Waals surface area (Å²) in [6.45, 7) is 0. The van der Waals surface area contributed by atoms with E-state index in [-0.39, 0.29) is 0 Å². The van der Waals surface area contributed by atoms with Gasteiger partial charge in [0.15, 0.2) is 5.65 Å². The summed E-state index contributed by atoms with van der Waals surface area (Å²) in [5.41, 5.74) is 6.39. The third-order valence-electron chi connectivity index (χ3n) is 6.12. The fourth-order valence-corrected chi connectivity index (χ4v) is 4.75. The molecule has 1 saturated carbocycles. The molecule has 0 amide bonds. The van der Waals surface area contributed by atoms with Gasteiger partial charge in [0.2, 0.25) is 0 Å². The van der Waals surface area contributed by atoms with Crippen molar-refractivity contribution in [1.29, 1.82) is 0 Å². The third kappa shape index (κ3) is 2.29. The van der Waals surface area contributed by atoms with E-state index in [2.05, 4.69) is 44.7 Å². The van der Waals surface area contributed by atoms with Crippen molar-refractivity contribution < 1.29 is 0 Å². The second-order valence-electron chi connectivity index (χ2n) is 7.76. The summed E-state index contributed by atoms with van der Waals surface area (Å²) in [6, 6.07) is 10.5. The van der Waals surface area contributed by atoms with E-state index in [1.807, 2.05) is 24.9 Å². The number of aromatic amines is 1. The van der Waals surface area contributed by atoms with Gasteiger partial charge in [-0.25, -0.2) is 9.97 Å². The Morgan fingerprint density at radius 3 is 2.82 bits per heavy atom. The number of aromatic nitrogens is 5. The Labute approximate surface area is 162 Å². The number of hydrogen-bond acceptors (Lipinski definition) is 3. The molecule has 0 unspecified atom stereocenters. The molecule has 1 fully saturated rings. The van der Waals surface area contributed by atoms with Crippen LogP contribution in [0.4, 0.5) is 0 Å². The number of imidazole rings is 1. The highest BCUT2D eigenvalue weighted by Crippen LogP contribution is 2.39. The lowest BCUT2D eigenvalue weighted by Crippen LogP contribution is -2.09. The Balaban J connectivity index is 1.69. The van der Waals surface area contributed by atoms with Crippen molar-refractivity contribution in [2.24, 2.45) is 0 Å². The lowest BCUT2D eigenvalue weighted by atomic mass is 9.86. The summed E-state index contributed by atoms with van der Waals surface area (Å²) >= 11 is 0. The first kappa shape index (κ1) is 15.8. The van der Waals surface area contributed by atoms with Gasteiger partial charge in [0, 0.05) is 35.5 Å². The lowest BCUT2D eigenvalue weighted by Gasteiger charge is -2.22. The van der Waals surface area contributed by atoms with Crippen molar-refractivity contribution in [2.75, 3.05) is 0 Å². The number of nitrogens with one attached hydrogen (secondary N) is 1. The summed E-state index contributed by atoms with van der Waals surface area (Å²) in [4.78, 5) is 17.8. The topological polar surface area (TPSA) is 58.9 Å². The number of H-pyrrole nitrogens is 1. The van der Waals surface area contributed by atoms with Gasteiger partial charge in [0.05, 0.1) is 16.7 Å². The molecule has 28 heavy (non-hydrogen) atoms. The molecular formula is C23H21N5. The number of rotatable bonds is 2. The van der Waals surface area contributed by atoms with Crippen molar-refractivity contribution in [1.82, 2.24) is 24.3 Å². The van der Waals surface area contributed by atoms with Gasteiger partial charge >= 0.3 is 0 Å². The van der Waals surface area contributed by atoms with E-state index < -0.39 is 0 Å². The summed E-state index contributed by atoms with van der Waals surface area (Å²) < 4.78 is 2.21. The molecule has 0 atom stereocenters. The monoisotopic (exact) mass is 367 g/mol. The first-order chi connectivity index (χ1) is 13.9. The zero-order valence-electron chi connectivity index (χ0n) is 15.6. The van der Waals surface area contributed by atoms with Crippen molar-refractivity contribution in [3.8, 4) is 11.3 Å². The Morgan fingerprint density at radius 2 is 1.89 bits per heavy atom. The maximum atomic E-state index is 5.09. The molecule has 1 aliphatic carbocycles. The molecule has 4 aromatic heterocycles. The minimum absolute atomic E-state index is 0.488.